The minimum atomic E-state index is -0.268. The molecule has 0 radical (unpaired) electrons. The van der Waals surface area contributed by atoms with Gasteiger partial charge in [-0.1, -0.05) is 12.1 Å². The summed E-state index contributed by atoms with van der Waals surface area (Å²) in [6, 6.07) is 14.4. The number of carbonyl (C=O) groups is 2. The lowest BCUT2D eigenvalue weighted by atomic mass is 9.96. The van der Waals surface area contributed by atoms with Crippen LogP contribution in [-0.4, -0.2) is 75.8 Å². The number of hydrogen-bond acceptors (Lipinski definition) is 4. The van der Waals surface area contributed by atoms with Crippen molar-refractivity contribution in [2.45, 2.75) is 19.4 Å². The van der Waals surface area contributed by atoms with Crippen molar-refractivity contribution in [2.75, 3.05) is 39.3 Å². The Kier molecular flexibility index (Phi) is 6.09. The van der Waals surface area contributed by atoms with Crippen molar-refractivity contribution < 1.29 is 14.0 Å². The molecule has 0 spiro atoms. The quantitative estimate of drug-likeness (QED) is 0.562. The number of fused-ring (bicyclic) bond motifs is 1. The summed E-state index contributed by atoms with van der Waals surface area (Å²) in [6.45, 7) is 4.65. The van der Waals surface area contributed by atoms with Crippen molar-refractivity contribution in [1.82, 2.24) is 24.3 Å². The number of hydrogen-bond donors (Lipinski definition) is 0. The van der Waals surface area contributed by atoms with Crippen molar-refractivity contribution in [2.24, 2.45) is 5.92 Å². The molecule has 0 saturated carbocycles. The van der Waals surface area contributed by atoms with Gasteiger partial charge in [0.1, 0.15) is 11.6 Å². The molecule has 0 aliphatic carbocycles. The molecule has 1 aromatic heterocycles. The van der Waals surface area contributed by atoms with Gasteiger partial charge in [-0.2, -0.15) is 0 Å². The molecule has 2 saturated heterocycles. The highest BCUT2D eigenvalue weighted by Crippen LogP contribution is 2.25. The van der Waals surface area contributed by atoms with Gasteiger partial charge in [-0.15, -0.1) is 0 Å². The maximum absolute atomic E-state index is 13.5. The van der Waals surface area contributed by atoms with Gasteiger partial charge in [-0.3, -0.25) is 19.1 Å². The summed E-state index contributed by atoms with van der Waals surface area (Å²) in [5.74, 6) is 0.772. The minimum absolute atomic E-state index is 0.0369. The fraction of sp³-hybridized carbons (Fsp3) is 0.400. The number of benzene rings is 2. The van der Waals surface area contributed by atoms with Crippen LogP contribution < -0.4 is 0 Å². The second-order valence-corrected chi connectivity index (χ2v) is 8.87. The summed E-state index contributed by atoms with van der Waals surface area (Å²) in [4.78, 5) is 34.9. The van der Waals surface area contributed by atoms with Gasteiger partial charge in [-0.25, -0.2) is 9.37 Å². The number of carbonyl (C=O) groups excluding carboxylic acids is 2. The highest BCUT2D eigenvalue weighted by atomic mass is 19.1. The van der Waals surface area contributed by atoms with Crippen molar-refractivity contribution in [1.29, 1.82) is 0 Å². The largest absolute Gasteiger partial charge is 0.342 e. The van der Waals surface area contributed by atoms with E-state index in [4.69, 9.17) is 4.98 Å². The van der Waals surface area contributed by atoms with Crippen LogP contribution in [0.15, 0.2) is 48.5 Å². The number of rotatable bonds is 5. The zero-order chi connectivity index (χ0) is 22.8. The van der Waals surface area contributed by atoms with Crippen LogP contribution in [0.25, 0.3) is 16.7 Å². The number of imidazole rings is 1. The lowest BCUT2D eigenvalue weighted by Gasteiger charge is -2.38. The van der Waals surface area contributed by atoms with Gasteiger partial charge in [0.05, 0.1) is 23.5 Å². The second kappa shape index (κ2) is 9.31. The fourth-order valence-corrected chi connectivity index (χ4v) is 4.97. The van der Waals surface area contributed by atoms with Crippen LogP contribution >= 0.6 is 0 Å². The third-order valence-corrected chi connectivity index (χ3v) is 6.71. The maximum Gasteiger partial charge on any atom is 0.227 e. The SMILES string of the molecule is O=CN1CCN(C(=O)[C@@H]2CCCN(Cc3nc4ccccc4n3-c3ccc(F)cc3)C2)CC1. The Morgan fingerprint density at radius 2 is 1.79 bits per heavy atom. The van der Waals surface area contributed by atoms with Crippen LogP contribution in [-0.2, 0) is 16.1 Å². The Hall–Kier alpha value is -3.26. The number of amides is 2. The van der Waals surface area contributed by atoms with Gasteiger partial charge in [-0.05, 0) is 55.8 Å². The summed E-state index contributed by atoms with van der Waals surface area (Å²) in [5.41, 5.74) is 2.75. The Morgan fingerprint density at radius 1 is 1.03 bits per heavy atom. The van der Waals surface area contributed by atoms with E-state index in [-0.39, 0.29) is 17.6 Å². The van der Waals surface area contributed by atoms with Crippen LogP contribution in [0.2, 0.25) is 0 Å². The number of para-hydroxylation sites is 2. The molecule has 0 unspecified atom stereocenters. The van der Waals surface area contributed by atoms with E-state index in [1.54, 1.807) is 17.0 Å². The number of nitrogens with zero attached hydrogens (tertiary/aromatic N) is 5. The average molecular weight is 450 g/mol. The smallest absolute Gasteiger partial charge is 0.227 e. The zero-order valence-electron chi connectivity index (χ0n) is 18.6. The third-order valence-electron chi connectivity index (χ3n) is 6.71. The Bertz CT molecular complexity index is 1140. The van der Waals surface area contributed by atoms with Gasteiger partial charge < -0.3 is 9.80 Å². The normalized spacial score (nSPS) is 19.7. The molecular weight excluding hydrogens is 421 g/mol. The van der Waals surface area contributed by atoms with Crippen LogP contribution in [0.1, 0.15) is 18.7 Å². The predicted molar refractivity (Wildman–Crippen MR) is 123 cm³/mol. The first-order valence-corrected chi connectivity index (χ1v) is 11.5. The highest BCUT2D eigenvalue weighted by molar-refractivity contribution is 5.80. The van der Waals surface area contributed by atoms with Gasteiger partial charge in [0.2, 0.25) is 12.3 Å². The molecule has 172 valence electrons. The van der Waals surface area contributed by atoms with Crippen LogP contribution in [0, 0.1) is 11.7 Å². The molecule has 2 aliphatic rings. The summed E-state index contributed by atoms with van der Waals surface area (Å²) in [5, 5.41) is 0. The molecule has 8 heteroatoms. The molecule has 3 aromatic rings. The van der Waals surface area contributed by atoms with Gasteiger partial charge >= 0.3 is 0 Å². The lowest BCUT2D eigenvalue weighted by molar-refractivity contribution is -0.140. The number of likely N-dealkylation sites (tertiary alicyclic amines) is 1. The summed E-state index contributed by atoms with van der Waals surface area (Å²) in [6.07, 6.45) is 2.70. The first kappa shape index (κ1) is 21.6. The first-order valence-electron chi connectivity index (χ1n) is 11.5. The van der Waals surface area contributed by atoms with E-state index in [9.17, 15) is 14.0 Å². The minimum Gasteiger partial charge on any atom is -0.342 e. The van der Waals surface area contributed by atoms with Crippen molar-refractivity contribution >= 4 is 23.4 Å². The van der Waals surface area contributed by atoms with Crippen molar-refractivity contribution in [3.05, 3.63) is 60.2 Å². The molecule has 2 aromatic carbocycles. The van der Waals surface area contributed by atoms with Crippen LogP contribution in [0.3, 0.4) is 0 Å². The molecule has 2 amide bonds. The molecule has 33 heavy (non-hydrogen) atoms. The van der Waals surface area contributed by atoms with E-state index < -0.39 is 0 Å². The average Bonchev–Trinajstić information content (AvgIpc) is 3.22. The third kappa shape index (κ3) is 4.48. The van der Waals surface area contributed by atoms with Gasteiger partial charge in [0.25, 0.3) is 0 Å². The van der Waals surface area contributed by atoms with Crippen LogP contribution in [0.4, 0.5) is 4.39 Å². The van der Waals surface area contributed by atoms with Crippen LogP contribution in [0.5, 0.6) is 0 Å². The van der Waals surface area contributed by atoms with E-state index >= 15 is 0 Å². The molecule has 5 rings (SSSR count). The van der Waals surface area contributed by atoms with E-state index in [1.807, 2.05) is 29.2 Å². The number of aromatic nitrogens is 2. The molecule has 0 N–H and O–H groups in total. The first-order chi connectivity index (χ1) is 16.1. The van der Waals surface area contributed by atoms with Crippen molar-refractivity contribution in [3.63, 3.8) is 0 Å². The Labute approximate surface area is 192 Å². The van der Waals surface area contributed by atoms with Crippen molar-refractivity contribution in [3.8, 4) is 5.69 Å². The zero-order valence-corrected chi connectivity index (χ0v) is 18.6. The second-order valence-electron chi connectivity index (χ2n) is 8.87. The molecule has 0 bridgehead atoms. The Morgan fingerprint density at radius 3 is 2.55 bits per heavy atom. The van der Waals surface area contributed by atoms with E-state index in [2.05, 4.69) is 9.47 Å². The molecular formula is C25H28FN5O2. The van der Waals surface area contributed by atoms with E-state index in [0.29, 0.717) is 39.3 Å². The predicted octanol–water partition coefficient (Wildman–Crippen LogP) is 2.68. The summed E-state index contributed by atoms with van der Waals surface area (Å²) < 4.78 is 15.6. The standard InChI is InChI=1S/C25H28FN5O2/c26-20-7-9-21(10-8-20)31-23-6-2-1-5-22(23)27-24(31)17-29-11-3-4-19(16-29)25(33)30-14-12-28(18-32)13-15-30/h1-2,5-10,18-19H,3-4,11-17H2/t19-/m1/s1. The number of piperazine rings is 1. The maximum atomic E-state index is 13.5. The van der Waals surface area contributed by atoms with Gasteiger partial charge in [0, 0.05) is 38.4 Å². The number of piperidine rings is 1. The summed E-state index contributed by atoms with van der Waals surface area (Å²) >= 11 is 0. The summed E-state index contributed by atoms with van der Waals surface area (Å²) in [7, 11) is 0. The molecule has 2 aliphatic heterocycles. The monoisotopic (exact) mass is 449 g/mol. The molecule has 3 heterocycles. The molecule has 1 atom stereocenters. The van der Waals surface area contributed by atoms with E-state index in [0.717, 1.165) is 48.3 Å². The van der Waals surface area contributed by atoms with Gasteiger partial charge in [0.15, 0.2) is 0 Å². The highest BCUT2D eigenvalue weighted by Gasteiger charge is 2.31. The lowest BCUT2D eigenvalue weighted by Crippen LogP contribution is -2.52. The molecule has 2 fully saturated rings. The van der Waals surface area contributed by atoms with E-state index in [1.165, 1.54) is 12.1 Å². The number of halogens is 1. The Balaban J connectivity index is 1.34. The topological polar surface area (TPSA) is 61.7 Å². The molecule has 7 nitrogen and oxygen atoms in total. The fourth-order valence-electron chi connectivity index (χ4n) is 4.97.